The number of methoxy groups -OCH3 is 2. The number of hydrogen-bond donors (Lipinski definition) is 1. The predicted molar refractivity (Wildman–Crippen MR) is 142 cm³/mol. The molecule has 0 aliphatic carbocycles. The Morgan fingerprint density at radius 3 is 2.47 bits per heavy atom. The summed E-state index contributed by atoms with van der Waals surface area (Å²) in [6.07, 6.45) is -3.37. The fraction of sp³-hybridized carbons (Fsp3) is 0.407. The normalized spacial score (nSPS) is 14.1. The van der Waals surface area contributed by atoms with E-state index in [4.69, 9.17) is 14.2 Å². The van der Waals surface area contributed by atoms with Crippen LogP contribution in [0.2, 0.25) is 25.7 Å². The first-order valence-corrected chi connectivity index (χ1v) is 15.8. The monoisotopic (exact) mass is 544 g/mol. The van der Waals surface area contributed by atoms with Gasteiger partial charge >= 0.3 is 6.18 Å². The zero-order chi connectivity index (χ0) is 27.9. The van der Waals surface area contributed by atoms with Crippen molar-refractivity contribution in [3.63, 3.8) is 0 Å². The average molecular weight is 545 g/mol. The number of H-pyrrole nitrogens is 1. The number of imidazole rings is 1. The second-order valence-electron chi connectivity index (χ2n) is 10.4. The number of benzene rings is 2. The van der Waals surface area contributed by atoms with Crippen molar-refractivity contribution in [3.05, 3.63) is 59.0 Å². The third kappa shape index (κ3) is 4.68. The van der Waals surface area contributed by atoms with Gasteiger partial charge in [0.15, 0.2) is 5.82 Å². The number of aromatic nitrogens is 3. The van der Waals surface area contributed by atoms with Crippen molar-refractivity contribution in [1.29, 1.82) is 5.26 Å². The minimum Gasteiger partial charge on any atom is -0.496 e. The molecular formula is C27H31F3N4O3Si. The van der Waals surface area contributed by atoms with Gasteiger partial charge < -0.3 is 23.8 Å². The van der Waals surface area contributed by atoms with E-state index in [2.05, 4.69) is 29.6 Å². The van der Waals surface area contributed by atoms with E-state index in [1.165, 1.54) is 29.9 Å². The van der Waals surface area contributed by atoms with Crippen LogP contribution >= 0.6 is 0 Å². The number of halogens is 3. The molecule has 0 saturated heterocycles. The van der Waals surface area contributed by atoms with Crippen molar-refractivity contribution in [1.82, 2.24) is 14.5 Å². The molecule has 0 spiro atoms. The summed E-state index contributed by atoms with van der Waals surface area (Å²) in [6, 6.07) is 10.6. The second kappa shape index (κ2) is 10.1. The topological polar surface area (TPSA) is 85.1 Å². The summed E-state index contributed by atoms with van der Waals surface area (Å²) in [7, 11) is 0.899. The SMILES string of the molecule is COc1cc(C)c2[nH]ccc2c1C(OC)(c1nc2ccc(C#N)cc2n1COCC[Si](C)(C)C)C(F)(F)F. The highest BCUT2D eigenvalue weighted by molar-refractivity contribution is 6.76. The Bertz CT molecular complexity index is 1510. The number of nitrogens with one attached hydrogen (secondary N) is 1. The molecule has 1 atom stereocenters. The van der Waals surface area contributed by atoms with Gasteiger partial charge in [-0.15, -0.1) is 0 Å². The van der Waals surface area contributed by atoms with Crippen LogP contribution in [-0.4, -0.2) is 49.6 Å². The van der Waals surface area contributed by atoms with Crippen molar-refractivity contribution >= 4 is 30.0 Å². The van der Waals surface area contributed by atoms with Gasteiger partial charge in [-0.3, -0.25) is 0 Å². The third-order valence-electron chi connectivity index (χ3n) is 6.69. The lowest BCUT2D eigenvalue weighted by Crippen LogP contribution is -2.47. The van der Waals surface area contributed by atoms with Gasteiger partial charge in [-0.25, -0.2) is 4.98 Å². The molecule has 0 radical (unpaired) electrons. The van der Waals surface area contributed by atoms with E-state index < -0.39 is 25.7 Å². The standard InChI is InChI=1S/C27H31F3N4O3Si/c1-17-13-22(35-2)23(19-9-10-32-24(17)19)26(36-3,27(28,29)30)25-33-20-8-7-18(15-31)14-21(20)34(25)16-37-11-12-38(4,5)6/h7-10,13-14,32H,11-12,16H2,1-6H3. The first-order valence-electron chi connectivity index (χ1n) is 12.1. The lowest BCUT2D eigenvalue weighted by atomic mass is 9.87. The molecule has 4 rings (SSSR count). The summed E-state index contributed by atoms with van der Waals surface area (Å²) in [5, 5.41) is 9.77. The fourth-order valence-electron chi connectivity index (χ4n) is 4.72. The molecule has 38 heavy (non-hydrogen) atoms. The Hall–Kier alpha value is -3.33. The molecule has 0 saturated carbocycles. The quantitative estimate of drug-likeness (QED) is 0.193. The third-order valence-corrected chi connectivity index (χ3v) is 8.40. The molecule has 2 aromatic heterocycles. The van der Waals surface area contributed by atoms with Crippen LogP contribution in [0.5, 0.6) is 5.75 Å². The number of nitriles is 1. The fourth-order valence-corrected chi connectivity index (χ4v) is 5.47. The summed E-state index contributed by atoms with van der Waals surface area (Å²) in [5.74, 6) is -0.389. The minimum atomic E-state index is -4.95. The number of aromatic amines is 1. The van der Waals surface area contributed by atoms with Crippen LogP contribution in [0, 0.1) is 18.3 Å². The molecule has 0 amide bonds. The number of aryl methyl sites for hydroxylation is 1. The Kier molecular flexibility index (Phi) is 7.35. The van der Waals surface area contributed by atoms with Crippen LogP contribution in [0.4, 0.5) is 13.2 Å². The van der Waals surface area contributed by atoms with Crippen molar-refractivity contribution in [2.24, 2.45) is 0 Å². The molecule has 4 aromatic rings. The summed E-state index contributed by atoms with van der Waals surface area (Å²) in [6.45, 7) is 8.56. The Balaban J connectivity index is 2.05. The second-order valence-corrected chi connectivity index (χ2v) is 16.1. The maximum atomic E-state index is 15.5. The highest BCUT2D eigenvalue weighted by Crippen LogP contribution is 2.52. The highest BCUT2D eigenvalue weighted by atomic mass is 28.3. The molecule has 0 aliphatic heterocycles. The van der Waals surface area contributed by atoms with Crippen LogP contribution in [0.15, 0.2) is 36.5 Å². The van der Waals surface area contributed by atoms with Crippen LogP contribution in [-0.2, 0) is 21.8 Å². The van der Waals surface area contributed by atoms with E-state index in [-0.39, 0.29) is 23.6 Å². The minimum absolute atomic E-state index is 0.0183. The summed E-state index contributed by atoms with van der Waals surface area (Å²) < 4.78 is 64.7. The molecular weight excluding hydrogens is 513 g/mol. The maximum Gasteiger partial charge on any atom is 0.429 e. The first-order chi connectivity index (χ1) is 17.9. The largest absolute Gasteiger partial charge is 0.496 e. The molecule has 2 heterocycles. The number of alkyl halides is 3. The van der Waals surface area contributed by atoms with Gasteiger partial charge in [0.05, 0.1) is 35.3 Å². The molecule has 7 nitrogen and oxygen atoms in total. The average Bonchev–Trinajstić information content (AvgIpc) is 3.47. The lowest BCUT2D eigenvalue weighted by Gasteiger charge is -2.36. The number of nitrogens with zero attached hydrogens (tertiary/aromatic N) is 3. The molecule has 2 aromatic carbocycles. The molecule has 202 valence electrons. The maximum absolute atomic E-state index is 15.5. The molecule has 0 bridgehead atoms. The van der Waals surface area contributed by atoms with Gasteiger partial charge in [-0.05, 0) is 48.9 Å². The van der Waals surface area contributed by atoms with Gasteiger partial charge in [0.1, 0.15) is 12.5 Å². The number of hydrogen-bond acceptors (Lipinski definition) is 5. The van der Waals surface area contributed by atoms with Crippen molar-refractivity contribution in [2.75, 3.05) is 20.8 Å². The van der Waals surface area contributed by atoms with E-state index in [1.807, 2.05) is 6.07 Å². The van der Waals surface area contributed by atoms with Gasteiger partial charge in [0, 0.05) is 38.9 Å². The molecule has 0 aliphatic rings. The number of rotatable bonds is 9. The number of fused-ring (bicyclic) bond motifs is 2. The van der Waals surface area contributed by atoms with Crippen LogP contribution in [0.3, 0.4) is 0 Å². The van der Waals surface area contributed by atoms with E-state index in [9.17, 15) is 5.26 Å². The smallest absolute Gasteiger partial charge is 0.429 e. The first kappa shape index (κ1) is 27.7. The molecule has 0 fully saturated rings. The summed E-state index contributed by atoms with van der Waals surface area (Å²) in [4.78, 5) is 7.49. The predicted octanol–water partition coefficient (Wildman–Crippen LogP) is 6.47. The molecule has 11 heteroatoms. The van der Waals surface area contributed by atoms with Crippen LogP contribution in [0.1, 0.15) is 22.5 Å². The van der Waals surface area contributed by atoms with Gasteiger partial charge in [-0.2, -0.15) is 18.4 Å². The summed E-state index contributed by atoms with van der Waals surface area (Å²) in [5.41, 5.74) is -1.05. The zero-order valence-electron chi connectivity index (χ0n) is 22.3. The highest BCUT2D eigenvalue weighted by Gasteiger charge is 2.63. The lowest BCUT2D eigenvalue weighted by molar-refractivity contribution is -0.262. The van der Waals surface area contributed by atoms with E-state index >= 15 is 13.2 Å². The Labute approximate surface area is 220 Å². The van der Waals surface area contributed by atoms with Crippen molar-refractivity contribution in [2.45, 2.75) is 51.1 Å². The summed E-state index contributed by atoms with van der Waals surface area (Å²) >= 11 is 0. The zero-order valence-corrected chi connectivity index (χ0v) is 23.3. The van der Waals surface area contributed by atoms with E-state index in [0.717, 1.165) is 18.7 Å². The van der Waals surface area contributed by atoms with Gasteiger partial charge in [0.25, 0.3) is 5.60 Å². The van der Waals surface area contributed by atoms with Gasteiger partial charge in [0.2, 0.25) is 0 Å². The van der Waals surface area contributed by atoms with Gasteiger partial charge in [-0.1, -0.05) is 19.6 Å². The Morgan fingerprint density at radius 2 is 1.87 bits per heavy atom. The van der Waals surface area contributed by atoms with Crippen LogP contribution < -0.4 is 4.74 Å². The van der Waals surface area contributed by atoms with Crippen molar-refractivity contribution < 1.29 is 27.4 Å². The molecule has 1 unspecified atom stereocenters. The number of ether oxygens (including phenoxy) is 3. The Morgan fingerprint density at radius 1 is 1.13 bits per heavy atom. The molecule has 1 N–H and O–H groups in total. The van der Waals surface area contributed by atoms with Crippen molar-refractivity contribution in [3.8, 4) is 11.8 Å². The van der Waals surface area contributed by atoms with Crippen LogP contribution in [0.25, 0.3) is 21.9 Å². The van der Waals surface area contributed by atoms with E-state index in [1.54, 1.807) is 25.3 Å². The van der Waals surface area contributed by atoms with E-state index in [0.29, 0.717) is 28.6 Å².